The summed E-state index contributed by atoms with van der Waals surface area (Å²) in [6.45, 7) is 5.15. The van der Waals surface area contributed by atoms with Crippen LogP contribution in [0.15, 0.2) is 0 Å². The Morgan fingerprint density at radius 1 is 1.33 bits per heavy atom. The van der Waals surface area contributed by atoms with Crippen LogP contribution in [0.3, 0.4) is 0 Å². The maximum Gasteiger partial charge on any atom is 0.156 e. The molecule has 2 N–H and O–H groups in total. The summed E-state index contributed by atoms with van der Waals surface area (Å²) in [5.74, 6) is 0.142. The van der Waals surface area contributed by atoms with Crippen molar-refractivity contribution in [2.24, 2.45) is 5.73 Å². The second kappa shape index (κ2) is 2.45. The molecular weight excluding hydrogens is 174 g/mol. The Morgan fingerprint density at radius 3 is 2.00 bits per heavy atom. The summed E-state index contributed by atoms with van der Waals surface area (Å²) in [6, 6.07) is 0. The molecule has 0 aromatic heterocycles. The van der Waals surface area contributed by atoms with Gasteiger partial charge in [-0.15, -0.1) is 0 Å². The van der Waals surface area contributed by atoms with Crippen LogP contribution in [0.2, 0.25) is 0 Å². The van der Waals surface area contributed by atoms with E-state index in [1.54, 1.807) is 20.8 Å². The van der Waals surface area contributed by atoms with E-state index in [9.17, 15) is 8.42 Å². The smallest absolute Gasteiger partial charge is 0.156 e. The Bertz CT molecular complexity index is 270. The Labute approximate surface area is 74.3 Å². The van der Waals surface area contributed by atoms with Crippen LogP contribution in [-0.2, 0) is 9.84 Å². The van der Waals surface area contributed by atoms with Crippen molar-refractivity contribution in [3.63, 3.8) is 0 Å². The van der Waals surface area contributed by atoms with Crippen LogP contribution in [0, 0.1) is 0 Å². The molecule has 72 valence electrons. The van der Waals surface area contributed by atoms with Gasteiger partial charge in [0.05, 0.1) is 10.5 Å². The first-order valence-electron chi connectivity index (χ1n) is 4.18. The lowest BCUT2D eigenvalue weighted by atomic mass is 10.3. The standard InChI is InChI=1S/C8H17NO2S/c1-7(2,3)12(10,11)6-8(9)4-5-8/h4-6,9H2,1-3H3. The lowest BCUT2D eigenvalue weighted by molar-refractivity contribution is 0.550. The first-order chi connectivity index (χ1) is 5.16. The zero-order valence-electron chi connectivity index (χ0n) is 7.92. The lowest BCUT2D eigenvalue weighted by Gasteiger charge is -2.21. The SMILES string of the molecule is CC(C)(C)S(=O)(=O)CC1(N)CC1. The molecule has 1 aliphatic carbocycles. The number of nitrogens with two attached hydrogens (primary N) is 1. The van der Waals surface area contributed by atoms with E-state index in [0.29, 0.717) is 0 Å². The molecule has 1 fully saturated rings. The van der Waals surface area contributed by atoms with Crippen LogP contribution < -0.4 is 5.73 Å². The maximum absolute atomic E-state index is 11.6. The Kier molecular flexibility index (Phi) is 2.04. The molecule has 12 heavy (non-hydrogen) atoms. The fraction of sp³-hybridized carbons (Fsp3) is 1.00. The molecule has 0 amide bonds. The second-order valence-electron chi connectivity index (χ2n) is 4.73. The molecule has 0 saturated heterocycles. The molecule has 0 aliphatic heterocycles. The topological polar surface area (TPSA) is 60.2 Å². The average molecular weight is 191 g/mol. The third kappa shape index (κ3) is 1.98. The van der Waals surface area contributed by atoms with E-state index in [0.717, 1.165) is 12.8 Å². The fourth-order valence-electron chi connectivity index (χ4n) is 0.900. The van der Waals surface area contributed by atoms with Crippen molar-refractivity contribution in [1.82, 2.24) is 0 Å². The van der Waals surface area contributed by atoms with Gasteiger partial charge < -0.3 is 5.73 Å². The van der Waals surface area contributed by atoms with E-state index >= 15 is 0 Å². The van der Waals surface area contributed by atoms with E-state index in [2.05, 4.69) is 0 Å². The van der Waals surface area contributed by atoms with Crippen molar-refractivity contribution < 1.29 is 8.42 Å². The molecule has 4 heteroatoms. The summed E-state index contributed by atoms with van der Waals surface area (Å²) in [5.41, 5.74) is 5.35. The van der Waals surface area contributed by atoms with E-state index < -0.39 is 20.1 Å². The van der Waals surface area contributed by atoms with Crippen molar-refractivity contribution in [1.29, 1.82) is 0 Å². The molecule has 0 unspecified atom stereocenters. The molecule has 3 nitrogen and oxygen atoms in total. The number of hydrogen-bond donors (Lipinski definition) is 1. The largest absolute Gasteiger partial charge is 0.324 e. The highest BCUT2D eigenvalue weighted by Crippen LogP contribution is 2.35. The van der Waals surface area contributed by atoms with Gasteiger partial charge in [-0.3, -0.25) is 0 Å². The third-order valence-electron chi connectivity index (χ3n) is 2.30. The number of sulfone groups is 1. The highest BCUT2D eigenvalue weighted by Gasteiger charge is 2.45. The van der Waals surface area contributed by atoms with Crippen molar-refractivity contribution in [3.8, 4) is 0 Å². The summed E-state index contributed by atoms with van der Waals surface area (Å²) in [7, 11) is -3.02. The van der Waals surface area contributed by atoms with E-state index in [4.69, 9.17) is 5.73 Å². The Balaban J connectivity index is 2.74. The van der Waals surface area contributed by atoms with Gasteiger partial charge in [0.25, 0.3) is 0 Å². The summed E-state index contributed by atoms with van der Waals surface area (Å²) >= 11 is 0. The van der Waals surface area contributed by atoms with Crippen LogP contribution in [0.5, 0.6) is 0 Å². The normalized spacial score (nSPS) is 22.3. The zero-order valence-corrected chi connectivity index (χ0v) is 8.74. The van der Waals surface area contributed by atoms with E-state index in [1.807, 2.05) is 0 Å². The predicted molar refractivity (Wildman–Crippen MR) is 49.7 cm³/mol. The van der Waals surface area contributed by atoms with E-state index in [-0.39, 0.29) is 5.75 Å². The second-order valence-corrected chi connectivity index (χ2v) is 7.48. The van der Waals surface area contributed by atoms with Crippen LogP contribution in [0.1, 0.15) is 33.6 Å². The Hall–Kier alpha value is -0.0900. The minimum absolute atomic E-state index is 0.142. The van der Waals surface area contributed by atoms with Gasteiger partial charge in [0, 0.05) is 5.54 Å². The molecule has 0 radical (unpaired) electrons. The van der Waals surface area contributed by atoms with Gasteiger partial charge in [-0.05, 0) is 33.6 Å². The van der Waals surface area contributed by atoms with Crippen molar-refractivity contribution in [3.05, 3.63) is 0 Å². The predicted octanol–water partition coefficient (Wildman–Crippen LogP) is 0.691. The van der Waals surface area contributed by atoms with Crippen molar-refractivity contribution in [2.75, 3.05) is 5.75 Å². The summed E-state index contributed by atoms with van der Waals surface area (Å²) in [4.78, 5) is 0. The summed E-state index contributed by atoms with van der Waals surface area (Å²) in [6.07, 6.45) is 1.70. The monoisotopic (exact) mass is 191 g/mol. The van der Waals surface area contributed by atoms with Crippen molar-refractivity contribution in [2.45, 2.75) is 43.9 Å². The summed E-state index contributed by atoms with van der Waals surface area (Å²) in [5, 5.41) is 0. The third-order valence-corrected chi connectivity index (χ3v) is 5.12. The average Bonchev–Trinajstić information content (AvgIpc) is 2.42. The molecule has 0 aromatic rings. The molecule has 0 atom stereocenters. The number of hydrogen-bond acceptors (Lipinski definition) is 3. The molecule has 1 saturated carbocycles. The van der Waals surface area contributed by atoms with Crippen LogP contribution in [-0.4, -0.2) is 24.5 Å². The molecule has 0 bridgehead atoms. The zero-order chi connectivity index (χ0) is 9.62. The van der Waals surface area contributed by atoms with E-state index in [1.165, 1.54) is 0 Å². The molecular formula is C8H17NO2S. The van der Waals surface area contributed by atoms with Gasteiger partial charge in [-0.1, -0.05) is 0 Å². The first-order valence-corrected chi connectivity index (χ1v) is 5.83. The first kappa shape index (κ1) is 9.99. The lowest BCUT2D eigenvalue weighted by Crippen LogP contribution is -2.40. The summed E-state index contributed by atoms with van der Waals surface area (Å²) < 4.78 is 22.6. The maximum atomic E-state index is 11.6. The highest BCUT2D eigenvalue weighted by atomic mass is 32.2. The molecule has 1 aliphatic rings. The van der Waals surface area contributed by atoms with Gasteiger partial charge in [0.2, 0.25) is 0 Å². The van der Waals surface area contributed by atoms with Gasteiger partial charge in [0.15, 0.2) is 9.84 Å². The molecule has 1 rings (SSSR count). The minimum Gasteiger partial charge on any atom is -0.324 e. The number of rotatable bonds is 2. The van der Waals surface area contributed by atoms with Crippen LogP contribution in [0.25, 0.3) is 0 Å². The van der Waals surface area contributed by atoms with Gasteiger partial charge in [-0.25, -0.2) is 8.42 Å². The molecule has 0 heterocycles. The highest BCUT2D eigenvalue weighted by molar-refractivity contribution is 7.92. The van der Waals surface area contributed by atoms with Crippen LogP contribution >= 0.6 is 0 Å². The van der Waals surface area contributed by atoms with Gasteiger partial charge in [-0.2, -0.15) is 0 Å². The van der Waals surface area contributed by atoms with Crippen LogP contribution in [0.4, 0.5) is 0 Å². The fourth-order valence-corrected chi connectivity index (χ4v) is 2.38. The van der Waals surface area contributed by atoms with Crippen molar-refractivity contribution >= 4 is 9.84 Å². The molecule has 0 aromatic carbocycles. The quantitative estimate of drug-likeness (QED) is 0.698. The Morgan fingerprint density at radius 2 is 1.75 bits per heavy atom. The van der Waals surface area contributed by atoms with Gasteiger partial charge >= 0.3 is 0 Å². The molecule has 0 spiro atoms. The minimum atomic E-state index is -3.02. The van der Waals surface area contributed by atoms with Gasteiger partial charge in [0.1, 0.15) is 0 Å².